The first kappa shape index (κ1) is 18.1. The van der Waals surface area contributed by atoms with Crippen molar-refractivity contribution in [1.82, 2.24) is 4.98 Å². The normalized spacial score (nSPS) is 10.4. The van der Waals surface area contributed by atoms with Crippen molar-refractivity contribution in [3.8, 4) is 11.1 Å². The van der Waals surface area contributed by atoms with Gasteiger partial charge in [0.2, 0.25) is 0 Å². The van der Waals surface area contributed by atoms with E-state index < -0.39 is 5.97 Å². The van der Waals surface area contributed by atoms with Gasteiger partial charge in [-0.2, -0.15) is 0 Å². The summed E-state index contributed by atoms with van der Waals surface area (Å²) in [6.07, 6.45) is 3.05. The van der Waals surface area contributed by atoms with Gasteiger partial charge in [0.05, 0.1) is 12.7 Å². The van der Waals surface area contributed by atoms with Crippen molar-refractivity contribution in [1.29, 1.82) is 0 Å². The van der Waals surface area contributed by atoms with E-state index in [0.29, 0.717) is 26.7 Å². The van der Waals surface area contributed by atoms with Crippen molar-refractivity contribution in [2.45, 2.75) is 6.92 Å². The average Bonchev–Trinajstić information content (AvgIpc) is 2.97. The maximum atomic E-state index is 12.5. The minimum absolute atomic E-state index is 0.314. The van der Waals surface area contributed by atoms with E-state index in [4.69, 9.17) is 16.3 Å². The molecule has 0 saturated carbocycles. The Kier molecular flexibility index (Phi) is 5.35. The number of carbonyl (C=O) groups is 2. The molecule has 2 heterocycles. The van der Waals surface area contributed by atoms with Crippen molar-refractivity contribution in [3.05, 3.63) is 69.8 Å². The lowest BCUT2D eigenvalue weighted by Gasteiger charge is -2.08. The number of halogens is 1. The van der Waals surface area contributed by atoms with Crippen LogP contribution in [0.2, 0.25) is 5.02 Å². The van der Waals surface area contributed by atoms with Crippen LogP contribution in [0.1, 0.15) is 25.6 Å². The van der Waals surface area contributed by atoms with Crippen LogP contribution in [0.5, 0.6) is 0 Å². The van der Waals surface area contributed by atoms with Gasteiger partial charge >= 0.3 is 5.97 Å². The molecule has 3 rings (SSSR count). The van der Waals surface area contributed by atoms with Gasteiger partial charge in [-0.1, -0.05) is 23.7 Å². The summed E-state index contributed by atoms with van der Waals surface area (Å²) in [6, 6.07) is 10.5. The number of aromatic nitrogens is 1. The summed E-state index contributed by atoms with van der Waals surface area (Å²) >= 11 is 7.41. The van der Waals surface area contributed by atoms with E-state index in [1.807, 2.05) is 19.1 Å². The van der Waals surface area contributed by atoms with Crippen LogP contribution in [0, 0.1) is 6.92 Å². The SMILES string of the molecule is COC(=O)c1c(NC(=O)c2cccnc2)sc(C)c1-c1cccc(Cl)c1. The molecule has 7 heteroatoms. The molecule has 1 aromatic carbocycles. The molecule has 0 aliphatic heterocycles. The number of carbonyl (C=O) groups excluding carboxylic acids is 2. The molecule has 0 bridgehead atoms. The molecule has 1 amide bonds. The Balaban J connectivity index is 2.07. The van der Waals surface area contributed by atoms with Crippen molar-refractivity contribution < 1.29 is 14.3 Å². The number of amides is 1. The van der Waals surface area contributed by atoms with Gasteiger partial charge in [-0.3, -0.25) is 9.78 Å². The molecular weight excluding hydrogens is 372 g/mol. The summed E-state index contributed by atoms with van der Waals surface area (Å²) in [5, 5.41) is 3.78. The summed E-state index contributed by atoms with van der Waals surface area (Å²) in [6.45, 7) is 1.88. The van der Waals surface area contributed by atoms with Crippen LogP contribution in [0.15, 0.2) is 48.8 Å². The van der Waals surface area contributed by atoms with Crippen molar-refractivity contribution in [3.63, 3.8) is 0 Å². The van der Waals surface area contributed by atoms with Crippen LogP contribution in [0.3, 0.4) is 0 Å². The highest BCUT2D eigenvalue weighted by atomic mass is 35.5. The monoisotopic (exact) mass is 386 g/mol. The maximum Gasteiger partial charge on any atom is 0.341 e. The number of anilines is 1. The summed E-state index contributed by atoms with van der Waals surface area (Å²) in [5.74, 6) is -0.868. The van der Waals surface area contributed by atoms with Crippen LogP contribution in [0.4, 0.5) is 5.00 Å². The lowest BCUT2D eigenvalue weighted by atomic mass is 10.0. The number of benzene rings is 1. The summed E-state index contributed by atoms with van der Waals surface area (Å²) in [4.78, 5) is 29.7. The summed E-state index contributed by atoms with van der Waals surface area (Å²) in [7, 11) is 1.31. The first-order chi connectivity index (χ1) is 12.5. The summed E-state index contributed by atoms with van der Waals surface area (Å²) in [5.41, 5.74) is 2.20. The van der Waals surface area contributed by atoms with Crippen LogP contribution < -0.4 is 5.32 Å². The van der Waals surface area contributed by atoms with Gasteiger partial charge in [-0.25, -0.2) is 4.79 Å². The number of nitrogens with one attached hydrogen (secondary N) is 1. The highest BCUT2D eigenvalue weighted by Gasteiger charge is 2.25. The van der Waals surface area contributed by atoms with E-state index in [1.165, 1.54) is 24.6 Å². The van der Waals surface area contributed by atoms with Gasteiger partial charge in [0.15, 0.2) is 0 Å². The standard InChI is InChI=1S/C19H15ClN2O3S/c1-11-15(12-5-3-7-14(20)9-12)16(19(24)25-2)18(26-11)22-17(23)13-6-4-8-21-10-13/h3-10H,1-2H3,(H,22,23). The minimum atomic E-state index is -0.522. The molecule has 3 aromatic rings. The van der Waals surface area contributed by atoms with Crippen LogP contribution in [-0.2, 0) is 4.74 Å². The number of esters is 1. The molecule has 5 nitrogen and oxygen atoms in total. The highest BCUT2D eigenvalue weighted by Crippen LogP contribution is 2.41. The van der Waals surface area contributed by atoms with E-state index in [1.54, 1.807) is 30.5 Å². The second kappa shape index (κ2) is 7.68. The molecule has 0 unspecified atom stereocenters. The van der Waals surface area contributed by atoms with Gasteiger partial charge in [0, 0.05) is 27.9 Å². The second-order valence-electron chi connectivity index (χ2n) is 5.44. The fourth-order valence-corrected chi connectivity index (χ4v) is 3.84. The number of pyridine rings is 1. The Morgan fingerprint density at radius 1 is 1.23 bits per heavy atom. The van der Waals surface area contributed by atoms with Gasteiger partial charge in [-0.15, -0.1) is 11.3 Å². The van der Waals surface area contributed by atoms with Gasteiger partial charge in [-0.05, 0) is 36.8 Å². The fourth-order valence-electron chi connectivity index (χ4n) is 2.59. The van der Waals surface area contributed by atoms with E-state index in [2.05, 4.69) is 10.3 Å². The van der Waals surface area contributed by atoms with Crippen LogP contribution >= 0.6 is 22.9 Å². The Labute approximate surface area is 159 Å². The zero-order chi connectivity index (χ0) is 18.7. The fraction of sp³-hybridized carbons (Fsp3) is 0.105. The Hall–Kier alpha value is -2.70. The molecule has 0 fully saturated rings. The van der Waals surface area contributed by atoms with Gasteiger partial charge in [0.1, 0.15) is 10.6 Å². The molecule has 0 atom stereocenters. The Bertz CT molecular complexity index is 970. The first-order valence-electron chi connectivity index (χ1n) is 7.70. The molecule has 1 N–H and O–H groups in total. The highest BCUT2D eigenvalue weighted by molar-refractivity contribution is 7.17. The number of rotatable bonds is 4. The average molecular weight is 387 g/mol. The van der Waals surface area contributed by atoms with Crippen molar-refractivity contribution in [2.75, 3.05) is 12.4 Å². The van der Waals surface area contributed by atoms with Gasteiger partial charge < -0.3 is 10.1 Å². The van der Waals surface area contributed by atoms with E-state index in [-0.39, 0.29) is 5.91 Å². The predicted molar refractivity (Wildman–Crippen MR) is 103 cm³/mol. The van der Waals surface area contributed by atoms with E-state index in [9.17, 15) is 9.59 Å². The first-order valence-corrected chi connectivity index (χ1v) is 8.89. The number of ether oxygens (including phenoxy) is 1. The number of hydrogen-bond donors (Lipinski definition) is 1. The van der Waals surface area contributed by atoms with Crippen LogP contribution in [0.25, 0.3) is 11.1 Å². The number of thiophene rings is 1. The topological polar surface area (TPSA) is 68.3 Å². The molecule has 132 valence electrons. The molecule has 0 spiro atoms. The number of methoxy groups -OCH3 is 1. The van der Waals surface area contributed by atoms with Crippen LogP contribution in [-0.4, -0.2) is 24.0 Å². The lowest BCUT2D eigenvalue weighted by Crippen LogP contribution is -2.14. The molecule has 26 heavy (non-hydrogen) atoms. The zero-order valence-corrected chi connectivity index (χ0v) is 15.6. The zero-order valence-electron chi connectivity index (χ0n) is 14.1. The quantitative estimate of drug-likeness (QED) is 0.653. The predicted octanol–water partition coefficient (Wildman–Crippen LogP) is 4.81. The molecule has 0 aliphatic carbocycles. The third kappa shape index (κ3) is 3.61. The number of hydrogen-bond acceptors (Lipinski definition) is 5. The maximum absolute atomic E-state index is 12.5. The van der Waals surface area contributed by atoms with Crippen molar-refractivity contribution >= 4 is 39.8 Å². The van der Waals surface area contributed by atoms with E-state index in [0.717, 1.165) is 10.4 Å². The molecule has 0 radical (unpaired) electrons. The Morgan fingerprint density at radius 3 is 2.69 bits per heavy atom. The molecule has 2 aromatic heterocycles. The number of aryl methyl sites for hydroxylation is 1. The minimum Gasteiger partial charge on any atom is -0.465 e. The lowest BCUT2D eigenvalue weighted by molar-refractivity contribution is 0.0603. The number of nitrogens with zero attached hydrogens (tertiary/aromatic N) is 1. The molecule has 0 aliphatic rings. The smallest absolute Gasteiger partial charge is 0.341 e. The summed E-state index contributed by atoms with van der Waals surface area (Å²) < 4.78 is 4.94. The Morgan fingerprint density at radius 2 is 2.04 bits per heavy atom. The largest absolute Gasteiger partial charge is 0.465 e. The molecule has 0 saturated heterocycles. The van der Waals surface area contributed by atoms with Gasteiger partial charge in [0.25, 0.3) is 5.91 Å². The third-order valence-corrected chi connectivity index (χ3v) is 4.99. The van der Waals surface area contributed by atoms with Crippen molar-refractivity contribution in [2.24, 2.45) is 0 Å². The third-order valence-electron chi connectivity index (χ3n) is 3.74. The van der Waals surface area contributed by atoms with E-state index >= 15 is 0 Å². The molecular formula is C19H15ClN2O3S. The second-order valence-corrected chi connectivity index (χ2v) is 7.10.